The molecular weight excluding hydrogens is 328 g/mol. The van der Waals surface area contributed by atoms with E-state index in [9.17, 15) is 9.59 Å². The summed E-state index contributed by atoms with van der Waals surface area (Å²) < 4.78 is 1.89. The van der Waals surface area contributed by atoms with Crippen molar-refractivity contribution >= 4 is 17.5 Å². The third kappa shape index (κ3) is 3.97. The molecule has 1 atom stereocenters. The molecule has 2 aromatic carbocycles. The molecule has 1 aromatic heterocycles. The van der Waals surface area contributed by atoms with E-state index in [-0.39, 0.29) is 17.9 Å². The van der Waals surface area contributed by atoms with Crippen molar-refractivity contribution in [1.82, 2.24) is 14.9 Å². The first-order chi connectivity index (χ1) is 12.5. The molecule has 0 aliphatic carbocycles. The van der Waals surface area contributed by atoms with Crippen LogP contribution in [-0.2, 0) is 11.8 Å². The lowest BCUT2D eigenvalue weighted by Gasteiger charge is -2.19. The van der Waals surface area contributed by atoms with E-state index in [2.05, 4.69) is 15.6 Å². The smallest absolute Gasteiger partial charge is 0.252 e. The Balaban J connectivity index is 1.84. The fraction of sp³-hybridized carbons (Fsp3) is 0.150. The van der Waals surface area contributed by atoms with Crippen LogP contribution in [0.5, 0.6) is 0 Å². The third-order valence-corrected chi connectivity index (χ3v) is 3.99. The molecule has 0 aliphatic rings. The molecule has 0 saturated heterocycles. The van der Waals surface area contributed by atoms with Gasteiger partial charge in [-0.25, -0.2) is 4.98 Å². The van der Waals surface area contributed by atoms with Crippen molar-refractivity contribution < 1.29 is 9.59 Å². The third-order valence-electron chi connectivity index (χ3n) is 3.99. The maximum atomic E-state index is 12.7. The lowest BCUT2D eigenvalue weighted by atomic mass is 10.1. The molecule has 3 rings (SSSR count). The monoisotopic (exact) mass is 348 g/mol. The van der Waals surface area contributed by atoms with Crippen LogP contribution >= 0.6 is 0 Å². The first-order valence-corrected chi connectivity index (χ1v) is 8.25. The molecule has 0 saturated carbocycles. The highest BCUT2D eigenvalue weighted by molar-refractivity contribution is 5.95. The number of carbonyl (C=O) groups excluding carboxylic acids is 2. The summed E-state index contributed by atoms with van der Waals surface area (Å²) in [6.45, 7) is 1.44. The highest BCUT2D eigenvalue weighted by atomic mass is 16.2. The molecule has 2 amide bonds. The van der Waals surface area contributed by atoms with Gasteiger partial charge in [0.25, 0.3) is 5.91 Å². The van der Waals surface area contributed by atoms with Crippen molar-refractivity contribution in [3.63, 3.8) is 0 Å². The van der Waals surface area contributed by atoms with E-state index in [4.69, 9.17) is 0 Å². The Morgan fingerprint density at radius 3 is 2.31 bits per heavy atom. The lowest BCUT2D eigenvalue weighted by molar-refractivity contribution is -0.114. The Labute approximate surface area is 151 Å². The van der Waals surface area contributed by atoms with Crippen molar-refractivity contribution in [2.45, 2.75) is 13.0 Å². The molecule has 6 heteroatoms. The first kappa shape index (κ1) is 17.4. The van der Waals surface area contributed by atoms with Gasteiger partial charge in [0.2, 0.25) is 5.91 Å². The number of anilines is 1. The molecule has 3 aromatic rings. The van der Waals surface area contributed by atoms with E-state index < -0.39 is 0 Å². The van der Waals surface area contributed by atoms with Gasteiger partial charge in [0.1, 0.15) is 11.9 Å². The summed E-state index contributed by atoms with van der Waals surface area (Å²) in [5.74, 6) is 0.386. The maximum Gasteiger partial charge on any atom is 0.252 e. The van der Waals surface area contributed by atoms with Gasteiger partial charge in [0.15, 0.2) is 0 Å². The van der Waals surface area contributed by atoms with Crippen LogP contribution < -0.4 is 10.6 Å². The van der Waals surface area contributed by atoms with Gasteiger partial charge < -0.3 is 15.2 Å². The van der Waals surface area contributed by atoms with Gasteiger partial charge in [-0.05, 0) is 29.8 Å². The van der Waals surface area contributed by atoms with E-state index in [1.807, 2.05) is 48.1 Å². The minimum absolute atomic E-state index is 0.152. The largest absolute Gasteiger partial charge is 0.338 e. The second kappa shape index (κ2) is 7.65. The number of hydrogen-bond acceptors (Lipinski definition) is 3. The van der Waals surface area contributed by atoms with Crippen molar-refractivity contribution in [1.29, 1.82) is 0 Å². The quantitative estimate of drug-likeness (QED) is 0.744. The van der Waals surface area contributed by atoms with Crippen LogP contribution in [0, 0.1) is 0 Å². The Morgan fingerprint density at radius 2 is 1.73 bits per heavy atom. The molecule has 0 radical (unpaired) electrons. The van der Waals surface area contributed by atoms with Crippen LogP contribution in [0.4, 0.5) is 5.69 Å². The number of aromatic nitrogens is 2. The molecule has 0 bridgehead atoms. The van der Waals surface area contributed by atoms with Gasteiger partial charge in [-0.2, -0.15) is 0 Å². The second-order valence-electron chi connectivity index (χ2n) is 5.97. The Bertz CT molecular complexity index is 901. The number of carbonyl (C=O) groups is 2. The molecule has 0 spiro atoms. The fourth-order valence-electron chi connectivity index (χ4n) is 2.72. The van der Waals surface area contributed by atoms with Gasteiger partial charge in [0.05, 0.1) is 0 Å². The molecule has 1 heterocycles. The normalized spacial score (nSPS) is 11.6. The van der Waals surface area contributed by atoms with Gasteiger partial charge in [-0.1, -0.05) is 30.3 Å². The van der Waals surface area contributed by atoms with Gasteiger partial charge in [0, 0.05) is 37.6 Å². The summed E-state index contributed by atoms with van der Waals surface area (Å²) in [7, 11) is 1.90. The van der Waals surface area contributed by atoms with Crippen LogP contribution in [0.1, 0.15) is 34.7 Å². The van der Waals surface area contributed by atoms with Crippen LogP contribution in [-0.4, -0.2) is 21.4 Å². The van der Waals surface area contributed by atoms with Crippen molar-refractivity contribution in [2.75, 3.05) is 5.32 Å². The minimum Gasteiger partial charge on any atom is -0.338 e. The van der Waals surface area contributed by atoms with E-state index in [1.54, 1.807) is 30.5 Å². The average molecular weight is 348 g/mol. The van der Waals surface area contributed by atoms with Gasteiger partial charge in [-0.3, -0.25) is 9.59 Å². The molecule has 2 N–H and O–H groups in total. The summed E-state index contributed by atoms with van der Waals surface area (Å²) in [5, 5.41) is 5.73. The molecule has 0 fully saturated rings. The van der Waals surface area contributed by atoms with E-state index in [0.717, 1.165) is 11.4 Å². The zero-order valence-corrected chi connectivity index (χ0v) is 14.6. The van der Waals surface area contributed by atoms with Crippen LogP contribution in [0.3, 0.4) is 0 Å². The topological polar surface area (TPSA) is 76.0 Å². The highest BCUT2D eigenvalue weighted by Gasteiger charge is 2.21. The van der Waals surface area contributed by atoms with Crippen molar-refractivity contribution in [2.24, 2.45) is 7.05 Å². The molecule has 6 nitrogen and oxygen atoms in total. The van der Waals surface area contributed by atoms with Gasteiger partial charge >= 0.3 is 0 Å². The highest BCUT2D eigenvalue weighted by Crippen LogP contribution is 2.21. The number of imidazole rings is 1. The molecule has 0 aliphatic heterocycles. The minimum atomic E-state index is -0.362. The zero-order valence-electron chi connectivity index (χ0n) is 14.6. The number of rotatable bonds is 5. The summed E-state index contributed by atoms with van der Waals surface area (Å²) in [4.78, 5) is 28.2. The number of nitrogens with one attached hydrogen (secondary N) is 2. The SMILES string of the molecule is CC(=O)Nc1ccc(C(=O)N[C@H](c2ccccc2)c2nccn2C)cc1. The first-order valence-electron chi connectivity index (χ1n) is 8.25. The predicted octanol–water partition coefficient (Wildman–Crippen LogP) is 2.90. The number of hydrogen-bond donors (Lipinski definition) is 2. The average Bonchev–Trinajstić information content (AvgIpc) is 3.06. The number of aryl methyl sites for hydroxylation is 1. The van der Waals surface area contributed by atoms with E-state index >= 15 is 0 Å². The van der Waals surface area contributed by atoms with Gasteiger partial charge in [-0.15, -0.1) is 0 Å². The van der Waals surface area contributed by atoms with Crippen LogP contribution in [0.2, 0.25) is 0 Å². The number of amides is 2. The standard InChI is InChI=1S/C20H20N4O2/c1-14(25)22-17-10-8-16(9-11-17)20(26)23-18(15-6-4-3-5-7-15)19-21-12-13-24(19)2/h3-13,18H,1-2H3,(H,22,25)(H,23,26)/t18-/m1/s1. The van der Waals surface area contributed by atoms with E-state index in [1.165, 1.54) is 6.92 Å². The Morgan fingerprint density at radius 1 is 1.04 bits per heavy atom. The number of benzene rings is 2. The lowest BCUT2D eigenvalue weighted by Crippen LogP contribution is -2.31. The molecule has 26 heavy (non-hydrogen) atoms. The zero-order chi connectivity index (χ0) is 18.5. The fourth-order valence-corrected chi connectivity index (χ4v) is 2.72. The summed E-state index contributed by atoms with van der Waals surface area (Å²) in [6, 6.07) is 16.1. The molecular formula is C20H20N4O2. The molecule has 0 unspecified atom stereocenters. The predicted molar refractivity (Wildman–Crippen MR) is 99.7 cm³/mol. The van der Waals surface area contributed by atoms with E-state index in [0.29, 0.717) is 11.3 Å². The van der Waals surface area contributed by atoms with Crippen molar-refractivity contribution in [3.05, 3.63) is 83.9 Å². The van der Waals surface area contributed by atoms with Crippen molar-refractivity contribution in [3.8, 4) is 0 Å². The maximum absolute atomic E-state index is 12.7. The Hall–Kier alpha value is -3.41. The van der Waals surface area contributed by atoms with Crippen LogP contribution in [0.25, 0.3) is 0 Å². The molecule has 132 valence electrons. The number of nitrogens with zero attached hydrogens (tertiary/aromatic N) is 2. The Kier molecular flexibility index (Phi) is 5.12. The second-order valence-corrected chi connectivity index (χ2v) is 5.97. The summed E-state index contributed by atoms with van der Waals surface area (Å²) in [5.41, 5.74) is 2.11. The summed E-state index contributed by atoms with van der Waals surface area (Å²) >= 11 is 0. The van der Waals surface area contributed by atoms with Crippen LogP contribution in [0.15, 0.2) is 67.0 Å². The summed E-state index contributed by atoms with van der Waals surface area (Å²) in [6.07, 6.45) is 3.55.